The number of thioether (sulfide) groups is 1. The number of rotatable bonds is 6. The molecule has 0 aliphatic heterocycles. The quantitative estimate of drug-likeness (QED) is 0.614. The zero-order chi connectivity index (χ0) is 17.8. The summed E-state index contributed by atoms with van der Waals surface area (Å²) in [5, 5.41) is 3.21. The maximum absolute atomic E-state index is 12.2. The lowest BCUT2D eigenvalue weighted by Crippen LogP contribution is -2.14. The summed E-state index contributed by atoms with van der Waals surface area (Å²) in [4.78, 5) is 16.8. The van der Waals surface area contributed by atoms with E-state index in [1.54, 1.807) is 23.5 Å². The summed E-state index contributed by atoms with van der Waals surface area (Å²) in [5.74, 6) is 1.05. The van der Waals surface area contributed by atoms with E-state index in [1.165, 1.54) is 26.0 Å². The van der Waals surface area contributed by atoms with E-state index < -0.39 is 0 Å². The Bertz CT molecular complexity index is 881. The van der Waals surface area contributed by atoms with Crippen molar-refractivity contribution in [2.45, 2.75) is 4.34 Å². The number of aromatic nitrogens is 1. The summed E-state index contributed by atoms with van der Waals surface area (Å²) in [7, 11) is 3.04. The van der Waals surface area contributed by atoms with Gasteiger partial charge in [0.1, 0.15) is 11.5 Å². The van der Waals surface area contributed by atoms with Gasteiger partial charge in [-0.1, -0.05) is 35.5 Å². The molecule has 0 aliphatic rings. The zero-order valence-corrected chi connectivity index (χ0v) is 15.9. The van der Waals surface area contributed by atoms with Crippen molar-refractivity contribution in [3.05, 3.63) is 41.4 Å². The van der Waals surface area contributed by atoms with Crippen LogP contribution in [-0.4, -0.2) is 30.9 Å². The molecule has 0 saturated carbocycles. The van der Waals surface area contributed by atoms with Gasteiger partial charge in [-0.3, -0.25) is 4.79 Å². The minimum absolute atomic E-state index is 0.163. The van der Waals surface area contributed by atoms with E-state index in [4.69, 9.17) is 21.1 Å². The van der Waals surface area contributed by atoms with Crippen molar-refractivity contribution in [1.82, 2.24) is 4.98 Å². The number of halogens is 1. The molecule has 3 rings (SSSR count). The number of benzene rings is 2. The first-order chi connectivity index (χ1) is 12.1. The largest absolute Gasteiger partial charge is 0.495 e. The highest BCUT2D eigenvalue weighted by Crippen LogP contribution is 2.36. The molecule has 8 heteroatoms. The summed E-state index contributed by atoms with van der Waals surface area (Å²) in [6, 6.07) is 11.1. The van der Waals surface area contributed by atoms with Crippen LogP contribution in [0.4, 0.5) is 5.69 Å². The third-order valence-corrected chi connectivity index (χ3v) is 5.82. The van der Waals surface area contributed by atoms with Crippen LogP contribution in [0.1, 0.15) is 0 Å². The molecular formula is C17H15ClN2O3S2. The lowest BCUT2D eigenvalue weighted by atomic mass is 10.2. The molecule has 2 aromatic carbocycles. The fourth-order valence-corrected chi connectivity index (χ4v) is 4.29. The van der Waals surface area contributed by atoms with Crippen LogP contribution in [0, 0.1) is 0 Å². The van der Waals surface area contributed by atoms with Gasteiger partial charge in [0, 0.05) is 6.07 Å². The Morgan fingerprint density at radius 1 is 1.24 bits per heavy atom. The van der Waals surface area contributed by atoms with Crippen molar-refractivity contribution < 1.29 is 14.3 Å². The highest BCUT2D eigenvalue weighted by Gasteiger charge is 2.13. The molecule has 1 amide bonds. The maximum atomic E-state index is 12.2. The third kappa shape index (κ3) is 4.18. The molecule has 0 spiro atoms. The zero-order valence-electron chi connectivity index (χ0n) is 13.5. The van der Waals surface area contributed by atoms with Crippen LogP contribution in [0.2, 0.25) is 5.02 Å². The van der Waals surface area contributed by atoms with Gasteiger partial charge < -0.3 is 14.8 Å². The Morgan fingerprint density at radius 2 is 2.00 bits per heavy atom. The third-order valence-electron chi connectivity index (χ3n) is 3.35. The van der Waals surface area contributed by atoms with E-state index >= 15 is 0 Å². The number of anilines is 1. The van der Waals surface area contributed by atoms with Gasteiger partial charge in [0.25, 0.3) is 0 Å². The van der Waals surface area contributed by atoms with Crippen molar-refractivity contribution in [2.75, 3.05) is 25.3 Å². The minimum Gasteiger partial charge on any atom is -0.495 e. The highest BCUT2D eigenvalue weighted by molar-refractivity contribution is 8.01. The number of carbonyl (C=O) groups is 1. The molecule has 1 N–H and O–H groups in total. The molecule has 0 bridgehead atoms. The van der Waals surface area contributed by atoms with Crippen LogP contribution in [0.3, 0.4) is 0 Å². The molecule has 25 heavy (non-hydrogen) atoms. The number of methoxy groups -OCH3 is 2. The number of ether oxygens (including phenoxy) is 2. The number of nitrogens with one attached hydrogen (secondary N) is 1. The first-order valence-corrected chi connectivity index (χ1v) is 9.48. The summed E-state index contributed by atoms with van der Waals surface area (Å²) >= 11 is 9.08. The lowest BCUT2D eigenvalue weighted by Gasteiger charge is -2.12. The average Bonchev–Trinajstić information content (AvgIpc) is 3.03. The Morgan fingerprint density at radius 3 is 2.72 bits per heavy atom. The molecule has 5 nitrogen and oxygen atoms in total. The maximum Gasteiger partial charge on any atom is 0.234 e. The minimum atomic E-state index is -0.163. The van der Waals surface area contributed by atoms with E-state index in [9.17, 15) is 4.79 Å². The van der Waals surface area contributed by atoms with Crippen LogP contribution in [0.5, 0.6) is 11.5 Å². The van der Waals surface area contributed by atoms with Crippen molar-refractivity contribution in [3.8, 4) is 11.5 Å². The van der Waals surface area contributed by atoms with Crippen molar-refractivity contribution in [3.63, 3.8) is 0 Å². The average molecular weight is 395 g/mol. The number of amides is 1. The second kappa shape index (κ2) is 7.95. The molecule has 0 radical (unpaired) electrons. The Hall–Kier alpha value is -1.96. The van der Waals surface area contributed by atoms with Crippen LogP contribution in [-0.2, 0) is 4.79 Å². The molecule has 0 aliphatic carbocycles. The number of hydrogen-bond donors (Lipinski definition) is 1. The van der Waals surface area contributed by atoms with Gasteiger partial charge in [0.05, 0.1) is 40.9 Å². The molecule has 3 aromatic rings. The number of fused-ring (bicyclic) bond motifs is 1. The number of nitrogens with zero attached hydrogens (tertiary/aromatic N) is 1. The number of para-hydroxylation sites is 1. The molecule has 130 valence electrons. The van der Waals surface area contributed by atoms with Gasteiger partial charge in [-0.25, -0.2) is 4.98 Å². The van der Waals surface area contributed by atoms with Crippen LogP contribution in [0.25, 0.3) is 10.2 Å². The Labute approximate surface area is 158 Å². The van der Waals surface area contributed by atoms with Gasteiger partial charge in [-0.05, 0) is 18.2 Å². The van der Waals surface area contributed by atoms with Gasteiger partial charge in [0.2, 0.25) is 5.91 Å². The monoisotopic (exact) mass is 394 g/mol. The highest BCUT2D eigenvalue weighted by atomic mass is 35.5. The molecular weight excluding hydrogens is 380 g/mol. The molecule has 1 aromatic heterocycles. The van der Waals surface area contributed by atoms with E-state index in [0.717, 1.165) is 14.6 Å². The summed E-state index contributed by atoms with van der Waals surface area (Å²) < 4.78 is 12.4. The first-order valence-electron chi connectivity index (χ1n) is 7.30. The van der Waals surface area contributed by atoms with Crippen LogP contribution < -0.4 is 14.8 Å². The van der Waals surface area contributed by atoms with E-state index in [-0.39, 0.29) is 11.7 Å². The number of hydrogen-bond acceptors (Lipinski definition) is 6. The molecule has 1 heterocycles. The normalized spacial score (nSPS) is 10.7. The Kier molecular flexibility index (Phi) is 5.67. The second-order valence-electron chi connectivity index (χ2n) is 4.97. The first kappa shape index (κ1) is 17.8. The van der Waals surface area contributed by atoms with Gasteiger partial charge in [-0.15, -0.1) is 11.3 Å². The fourth-order valence-electron chi connectivity index (χ4n) is 2.18. The molecule has 0 saturated heterocycles. The molecule has 0 unspecified atom stereocenters. The SMILES string of the molecule is COc1cc(OC)c(NC(=O)CSc2nc3ccccc3s2)cc1Cl. The van der Waals surface area contributed by atoms with E-state index in [0.29, 0.717) is 22.2 Å². The summed E-state index contributed by atoms with van der Waals surface area (Å²) in [5.41, 5.74) is 1.45. The van der Waals surface area contributed by atoms with Crippen molar-refractivity contribution in [2.24, 2.45) is 0 Å². The molecule has 0 fully saturated rings. The predicted molar refractivity (Wildman–Crippen MR) is 104 cm³/mol. The molecule has 0 atom stereocenters. The standard InChI is InChI=1S/C17H15ClN2O3S2/c1-22-13-8-14(23-2)12(7-10(13)18)19-16(21)9-24-17-20-11-5-3-4-6-15(11)25-17/h3-8H,9H2,1-2H3,(H,19,21). The predicted octanol–water partition coefficient (Wildman–Crippen LogP) is 4.70. The van der Waals surface area contributed by atoms with E-state index in [1.807, 2.05) is 24.3 Å². The van der Waals surface area contributed by atoms with Crippen molar-refractivity contribution in [1.29, 1.82) is 0 Å². The van der Waals surface area contributed by atoms with Crippen LogP contribution >= 0.6 is 34.7 Å². The smallest absolute Gasteiger partial charge is 0.234 e. The van der Waals surface area contributed by atoms with Gasteiger partial charge in [0.15, 0.2) is 4.34 Å². The Balaban J connectivity index is 1.67. The lowest BCUT2D eigenvalue weighted by molar-refractivity contribution is -0.113. The fraction of sp³-hybridized carbons (Fsp3) is 0.176. The number of thiazole rings is 1. The van der Waals surface area contributed by atoms with Crippen molar-refractivity contribution >= 4 is 56.5 Å². The van der Waals surface area contributed by atoms with Crippen LogP contribution in [0.15, 0.2) is 40.7 Å². The summed E-state index contributed by atoms with van der Waals surface area (Å²) in [6.45, 7) is 0. The van der Waals surface area contributed by atoms with Gasteiger partial charge in [-0.2, -0.15) is 0 Å². The topological polar surface area (TPSA) is 60.5 Å². The van der Waals surface area contributed by atoms with Gasteiger partial charge >= 0.3 is 0 Å². The van der Waals surface area contributed by atoms with E-state index in [2.05, 4.69) is 10.3 Å². The second-order valence-corrected chi connectivity index (χ2v) is 7.63. The summed E-state index contributed by atoms with van der Waals surface area (Å²) in [6.07, 6.45) is 0. The number of carbonyl (C=O) groups excluding carboxylic acids is 1.